The van der Waals surface area contributed by atoms with Gasteiger partial charge in [0.2, 0.25) is 11.9 Å². The molecule has 10 nitrogen and oxygen atoms in total. The van der Waals surface area contributed by atoms with Gasteiger partial charge < -0.3 is 30.1 Å². The average Bonchev–Trinajstić information content (AvgIpc) is 3.82. The van der Waals surface area contributed by atoms with Crippen LogP contribution in [0.15, 0.2) is 60.2 Å². The van der Waals surface area contributed by atoms with Gasteiger partial charge in [-0.1, -0.05) is 6.58 Å². The van der Waals surface area contributed by atoms with Crippen molar-refractivity contribution in [3.8, 4) is 5.75 Å². The summed E-state index contributed by atoms with van der Waals surface area (Å²) in [6, 6.07) is 8.52. The van der Waals surface area contributed by atoms with Crippen molar-refractivity contribution in [2.75, 3.05) is 68.3 Å². The number of anilines is 6. The van der Waals surface area contributed by atoms with Crippen LogP contribution in [0, 0.1) is 5.92 Å². The monoisotopic (exact) mass is 610 g/mol. The number of aromatic nitrogens is 2. The highest BCUT2D eigenvalue weighted by molar-refractivity contribution is 6.02. The molecule has 1 heterocycles. The van der Waals surface area contributed by atoms with E-state index < -0.39 is 11.7 Å². The lowest BCUT2D eigenvalue weighted by atomic mass is 10.1. The molecule has 3 aromatic rings. The van der Waals surface area contributed by atoms with Crippen LogP contribution >= 0.6 is 0 Å². The smallest absolute Gasteiger partial charge is 0.416 e. The molecule has 234 valence electrons. The van der Waals surface area contributed by atoms with E-state index in [9.17, 15) is 18.0 Å². The summed E-state index contributed by atoms with van der Waals surface area (Å²) in [4.78, 5) is 31.1. The quantitative estimate of drug-likeness (QED) is 0.163. The standard InChI is InChI=1S/C31H37F3N8O2/c1-7-29(43)37-23-17-24(27(44-6)18-25(23)41(5)15-14-40(3)4)38-30-36-13-12-28(39-30)42(19-20-8-9-20)26-16-21(31(32,33)34)10-11-22(26)35-2/h7,10-13,16-18,20H,1-2,8-9,14-15,19H2,3-6H3,(H,37,43)(H,36,38,39). The minimum absolute atomic E-state index is 0.177. The Bertz CT molecular complexity index is 1510. The van der Waals surface area contributed by atoms with Crippen LogP contribution in [0.4, 0.5) is 53.4 Å². The molecule has 2 aromatic carbocycles. The Labute approximate surface area is 255 Å². The Balaban J connectivity index is 1.73. The first kappa shape index (κ1) is 32.3. The van der Waals surface area contributed by atoms with Crippen LogP contribution in [0.5, 0.6) is 5.75 Å². The summed E-state index contributed by atoms with van der Waals surface area (Å²) >= 11 is 0. The summed E-state index contributed by atoms with van der Waals surface area (Å²) in [5, 5.41) is 6.01. The third-order valence-corrected chi connectivity index (χ3v) is 7.12. The number of methoxy groups -OCH3 is 1. The van der Waals surface area contributed by atoms with Crippen molar-refractivity contribution in [1.29, 1.82) is 0 Å². The van der Waals surface area contributed by atoms with E-state index >= 15 is 0 Å². The average molecular weight is 611 g/mol. The number of benzene rings is 2. The molecule has 13 heteroatoms. The van der Waals surface area contributed by atoms with Crippen LogP contribution in [0.3, 0.4) is 0 Å². The molecule has 1 aliphatic rings. The largest absolute Gasteiger partial charge is 0.494 e. The minimum atomic E-state index is -4.53. The number of hydrogen-bond acceptors (Lipinski definition) is 9. The van der Waals surface area contributed by atoms with Crippen LogP contribution in [0.1, 0.15) is 18.4 Å². The van der Waals surface area contributed by atoms with Crippen molar-refractivity contribution in [2.24, 2.45) is 10.9 Å². The van der Waals surface area contributed by atoms with Gasteiger partial charge in [-0.15, -0.1) is 0 Å². The molecule has 1 saturated carbocycles. The minimum Gasteiger partial charge on any atom is -0.494 e. The van der Waals surface area contributed by atoms with Crippen LogP contribution in [0.25, 0.3) is 0 Å². The Morgan fingerprint density at radius 2 is 1.86 bits per heavy atom. The molecule has 0 saturated heterocycles. The van der Waals surface area contributed by atoms with Gasteiger partial charge in [0.1, 0.15) is 11.6 Å². The number of rotatable bonds is 14. The number of carbonyl (C=O) groups is 1. The predicted molar refractivity (Wildman–Crippen MR) is 169 cm³/mol. The summed E-state index contributed by atoms with van der Waals surface area (Å²) in [7, 11) is 7.39. The lowest BCUT2D eigenvalue weighted by Gasteiger charge is -2.27. The normalized spacial score (nSPS) is 12.9. The fraction of sp³-hybridized carbons (Fsp3) is 0.355. The Hall–Kier alpha value is -4.65. The summed E-state index contributed by atoms with van der Waals surface area (Å²) in [6.07, 6.45) is 0.111. The van der Waals surface area contributed by atoms with Crippen molar-refractivity contribution >= 4 is 52.8 Å². The second-order valence-corrected chi connectivity index (χ2v) is 10.8. The summed E-state index contributed by atoms with van der Waals surface area (Å²) < 4.78 is 46.7. The maximum atomic E-state index is 13.7. The number of hydrogen-bond donors (Lipinski definition) is 2. The maximum Gasteiger partial charge on any atom is 0.416 e. The third-order valence-electron chi connectivity index (χ3n) is 7.12. The highest BCUT2D eigenvalue weighted by Gasteiger charge is 2.33. The molecule has 1 fully saturated rings. The first-order chi connectivity index (χ1) is 20.9. The van der Waals surface area contributed by atoms with Crippen LogP contribution < -0.4 is 25.2 Å². The van der Waals surface area contributed by atoms with Crippen LogP contribution in [0.2, 0.25) is 0 Å². The van der Waals surface area contributed by atoms with Gasteiger partial charge in [-0.25, -0.2) is 4.98 Å². The molecule has 44 heavy (non-hydrogen) atoms. The highest BCUT2D eigenvalue weighted by Crippen LogP contribution is 2.42. The van der Waals surface area contributed by atoms with E-state index in [0.717, 1.165) is 37.2 Å². The zero-order chi connectivity index (χ0) is 32.0. The fourth-order valence-corrected chi connectivity index (χ4v) is 4.51. The number of alkyl halides is 3. The summed E-state index contributed by atoms with van der Waals surface area (Å²) in [6.45, 7) is 9.03. The summed E-state index contributed by atoms with van der Waals surface area (Å²) in [5.74, 6) is 0.953. The van der Waals surface area contributed by atoms with E-state index in [-0.39, 0.29) is 17.5 Å². The molecule has 0 unspecified atom stereocenters. The maximum absolute atomic E-state index is 13.7. The first-order valence-electron chi connectivity index (χ1n) is 14.0. The molecule has 1 aromatic heterocycles. The second-order valence-electron chi connectivity index (χ2n) is 10.8. The molecule has 0 radical (unpaired) electrons. The van der Waals surface area contributed by atoms with E-state index in [2.05, 4.69) is 43.8 Å². The van der Waals surface area contributed by atoms with Gasteiger partial charge in [0.05, 0.1) is 41.1 Å². The van der Waals surface area contributed by atoms with Crippen molar-refractivity contribution in [2.45, 2.75) is 19.0 Å². The zero-order valence-corrected chi connectivity index (χ0v) is 25.3. The SMILES string of the molecule is C=CC(=O)Nc1cc(Nc2nccc(N(CC3CC3)c3cc(C(F)(F)F)ccc3N=C)n2)c(OC)cc1N(C)CCN(C)C. The number of amides is 1. The molecule has 0 atom stereocenters. The number of carbonyl (C=O) groups excluding carboxylic acids is 1. The van der Waals surface area contributed by atoms with Gasteiger partial charge in [-0.2, -0.15) is 18.2 Å². The molecular weight excluding hydrogens is 573 g/mol. The number of aliphatic imine (C=N–C) groups is 1. The van der Waals surface area contributed by atoms with Crippen molar-refractivity contribution < 1.29 is 22.7 Å². The lowest BCUT2D eigenvalue weighted by molar-refractivity contribution is -0.137. The molecule has 2 N–H and O–H groups in total. The Morgan fingerprint density at radius 1 is 1.11 bits per heavy atom. The number of halogens is 3. The van der Waals surface area contributed by atoms with E-state index in [1.807, 2.05) is 26.0 Å². The molecular formula is C31H37F3N8O2. The van der Waals surface area contributed by atoms with Crippen molar-refractivity contribution in [3.05, 3.63) is 60.8 Å². The van der Waals surface area contributed by atoms with E-state index in [4.69, 9.17) is 4.74 Å². The van der Waals surface area contributed by atoms with E-state index in [0.29, 0.717) is 47.6 Å². The number of ether oxygens (including phenoxy) is 1. The van der Waals surface area contributed by atoms with Gasteiger partial charge >= 0.3 is 6.18 Å². The van der Waals surface area contributed by atoms with E-state index in [1.54, 1.807) is 23.1 Å². The lowest BCUT2D eigenvalue weighted by Crippen LogP contribution is -2.29. The van der Waals surface area contributed by atoms with Crippen LogP contribution in [-0.4, -0.2) is 75.4 Å². The van der Waals surface area contributed by atoms with Crippen molar-refractivity contribution in [3.63, 3.8) is 0 Å². The van der Waals surface area contributed by atoms with Gasteiger partial charge in [-0.3, -0.25) is 9.79 Å². The fourth-order valence-electron chi connectivity index (χ4n) is 4.51. The summed E-state index contributed by atoms with van der Waals surface area (Å²) in [5.41, 5.74) is 1.48. The van der Waals surface area contributed by atoms with E-state index in [1.165, 1.54) is 25.4 Å². The Morgan fingerprint density at radius 3 is 2.48 bits per heavy atom. The van der Waals surface area contributed by atoms with Crippen molar-refractivity contribution in [1.82, 2.24) is 14.9 Å². The second kappa shape index (κ2) is 13.8. The molecule has 1 aliphatic carbocycles. The Kier molecular flexibility index (Phi) is 10.1. The van der Waals surface area contributed by atoms with Gasteiger partial charge in [0, 0.05) is 38.9 Å². The molecule has 0 aliphatic heterocycles. The van der Waals surface area contributed by atoms with Gasteiger partial charge in [0.25, 0.3) is 0 Å². The first-order valence-corrected chi connectivity index (χ1v) is 14.0. The predicted octanol–water partition coefficient (Wildman–Crippen LogP) is 6.25. The molecule has 4 rings (SSSR count). The van der Waals surface area contributed by atoms with Crippen LogP contribution in [-0.2, 0) is 11.0 Å². The van der Waals surface area contributed by atoms with Gasteiger partial charge in [-0.05, 0) is 76.0 Å². The topological polar surface area (TPSA) is 98.2 Å². The highest BCUT2D eigenvalue weighted by atomic mass is 19.4. The zero-order valence-electron chi connectivity index (χ0n) is 25.3. The molecule has 0 spiro atoms. The number of nitrogens with zero attached hydrogens (tertiary/aromatic N) is 6. The third kappa shape index (κ3) is 8.04. The number of nitrogens with one attached hydrogen (secondary N) is 2. The molecule has 0 bridgehead atoms. The van der Waals surface area contributed by atoms with Gasteiger partial charge in [0.15, 0.2) is 0 Å². The molecule has 1 amide bonds. The number of likely N-dealkylation sites (N-methyl/N-ethyl adjacent to an activating group) is 2.